The molecule has 1 aliphatic rings. The second-order valence-electron chi connectivity index (χ2n) is 7.35. The van der Waals surface area contributed by atoms with Gasteiger partial charge in [-0.3, -0.25) is 14.5 Å². The van der Waals surface area contributed by atoms with Crippen LogP contribution < -0.4 is 4.90 Å². The van der Waals surface area contributed by atoms with Gasteiger partial charge in [0.05, 0.1) is 11.6 Å². The Morgan fingerprint density at radius 3 is 2.44 bits per heavy atom. The Morgan fingerprint density at radius 1 is 1.00 bits per heavy atom. The number of furan rings is 1. The third kappa shape index (κ3) is 3.25. The maximum atomic E-state index is 13.6. The number of rotatable bonds is 4. The number of ketones is 1. The van der Waals surface area contributed by atoms with Gasteiger partial charge in [-0.15, -0.1) is 0 Å². The molecule has 1 atom stereocenters. The van der Waals surface area contributed by atoms with E-state index in [1.807, 2.05) is 0 Å². The first-order valence-corrected chi connectivity index (χ1v) is 10.1. The molecular formula is C25H15ClFNO4. The number of halogens is 2. The minimum absolute atomic E-state index is 0.0429. The van der Waals surface area contributed by atoms with Gasteiger partial charge in [-0.05, 0) is 54.1 Å². The largest absolute Gasteiger partial charge is 0.503 e. The van der Waals surface area contributed by atoms with Crippen molar-refractivity contribution in [1.29, 1.82) is 0 Å². The van der Waals surface area contributed by atoms with Crippen LogP contribution in [0.3, 0.4) is 0 Å². The SMILES string of the molecule is O=C(C1=C(O)C(=O)N(c2ccccc2)C1c1ccc(F)cc1)c1cc2cc(Cl)ccc2o1. The fourth-order valence-corrected chi connectivity index (χ4v) is 4.09. The summed E-state index contributed by atoms with van der Waals surface area (Å²) in [6, 6.07) is 19.6. The molecule has 3 aromatic carbocycles. The second-order valence-corrected chi connectivity index (χ2v) is 7.79. The molecule has 4 aromatic rings. The predicted molar refractivity (Wildman–Crippen MR) is 118 cm³/mol. The highest BCUT2D eigenvalue weighted by Gasteiger charge is 2.45. The van der Waals surface area contributed by atoms with Crippen LogP contribution in [0.25, 0.3) is 11.0 Å². The van der Waals surface area contributed by atoms with Crippen molar-refractivity contribution in [3.8, 4) is 0 Å². The van der Waals surface area contributed by atoms with Crippen molar-refractivity contribution in [3.05, 3.63) is 112 Å². The van der Waals surface area contributed by atoms with Gasteiger partial charge in [-0.2, -0.15) is 0 Å². The molecule has 0 saturated heterocycles. The first kappa shape index (κ1) is 20.0. The zero-order chi connectivity index (χ0) is 22.4. The number of fused-ring (bicyclic) bond motifs is 1. The van der Waals surface area contributed by atoms with Crippen molar-refractivity contribution in [2.75, 3.05) is 4.90 Å². The molecule has 32 heavy (non-hydrogen) atoms. The summed E-state index contributed by atoms with van der Waals surface area (Å²) in [5.74, 6) is -2.55. The molecule has 0 saturated carbocycles. The number of aliphatic hydroxyl groups is 1. The number of para-hydroxylation sites is 1. The Morgan fingerprint density at radius 2 is 1.72 bits per heavy atom. The van der Waals surface area contributed by atoms with Crippen LogP contribution in [0.5, 0.6) is 0 Å². The molecule has 1 N–H and O–H groups in total. The molecule has 0 spiro atoms. The molecule has 2 heterocycles. The van der Waals surface area contributed by atoms with Gasteiger partial charge in [0.2, 0.25) is 5.78 Å². The second kappa shape index (κ2) is 7.66. The van der Waals surface area contributed by atoms with E-state index in [-0.39, 0.29) is 11.3 Å². The minimum atomic E-state index is -0.963. The normalized spacial score (nSPS) is 16.2. The van der Waals surface area contributed by atoms with E-state index in [0.717, 1.165) is 0 Å². The lowest BCUT2D eigenvalue weighted by Crippen LogP contribution is -2.31. The van der Waals surface area contributed by atoms with Gasteiger partial charge >= 0.3 is 0 Å². The van der Waals surface area contributed by atoms with Crippen LogP contribution >= 0.6 is 11.6 Å². The Hall–Kier alpha value is -3.90. The summed E-state index contributed by atoms with van der Waals surface area (Å²) in [5.41, 5.74) is 1.25. The summed E-state index contributed by atoms with van der Waals surface area (Å²) in [7, 11) is 0. The standard InChI is InChI=1S/C25H15ClFNO4/c26-16-8-11-19-15(12-16)13-20(32-19)23(29)21-22(14-6-9-17(27)10-7-14)28(25(31)24(21)30)18-4-2-1-3-5-18/h1-13,22,30H. The molecular weight excluding hydrogens is 433 g/mol. The number of nitrogens with zero attached hydrogens (tertiary/aromatic N) is 1. The average molecular weight is 448 g/mol. The van der Waals surface area contributed by atoms with Gasteiger partial charge in [0.15, 0.2) is 11.5 Å². The Labute approximate surface area is 186 Å². The summed E-state index contributed by atoms with van der Waals surface area (Å²) in [6.45, 7) is 0. The molecule has 0 aliphatic carbocycles. The third-order valence-electron chi connectivity index (χ3n) is 5.38. The van der Waals surface area contributed by atoms with Gasteiger partial charge in [0.1, 0.15) is 11.4 Å². The smallest absolute Gasteiger partial charge is 0.294 e. The topological polar surface area (TPSA) is 70.8 Å². The zero-order valence-electron chi connectivity index (χ0n) is 16.5. The number of carbonyl (C=O) groups excluding carboxylic acids is 2. The molecule has 5 nitrogen and oxygen atoms in total. The van der Waals surface area contributed by atoms with Gasteiger partial charge < -0.3 is 9.52 Å². The monoisotopic (exact) mass is 447 g/mol. The third-order valence-corrected chi connectivity index (χ3v) is 5.61. The Balaban J connectivity index is 1.66. The molecule has 1 aromatic heterocycles. The van der Waals surface area contributed by atoms with Crippen molar-refractivity contribution in [3.63, 3.8) is 0 Å². The van der Waals surface area contributed by atoms with E-state index in [4.69, 9.17) is 16.0 Å². The number of carbonyl (C=O) groups is 2. The molecule has 5 rings (SSSR count). The van der Waals surface area contributed by atoms with Gasteiger partial charge in [0, 0.05) is 16.1 Å². The van der Waals surface area contributed by atoms with E-state index >= 15 is 0 Å². The highest BCUT2D eigenvalue weighted by atomic mass is 35.5. The molecule has 7 heteroatoms. The Kier molecular flexibility index (Phi) is 4.79. The zero-order valence-corrected chi connectivity index (χ0v) is 17.2. The van der Waals surface area contributed by atoms with Crippen molar-refractivity contribution in [2.24, 2.45) is 0 Å². The van der Waals surface area contributed by atoms with Crippen LogP contribution in [0.4, 0.5) is 10.1 Å². The summed E-state index contributed by atoms with van der Waals surface area (Å²) >= 11 is 6.02. The first-order chi connectivity index (χ1) is 15.4. The van der Waals surface area contributed by atoms with E-state index in [2.05, 4.69) is 0 Å². The minimum Gasteiger partial charge on any atom is -0.503 e. The fraction of sp³-hybridized carbons (Fsp3) is 0.0400. The van der Waals surface area contributed by atoms with Crippen molar-refractivity contribution in [2.45, 2.75) is 6.04 Å². The quantitative estimate of drug-likeness (QED) is 0.389. The molecule has 158 valence electrons. The van der Waals surface area contributed by atoms with Crippen LogP contribution in [0.2, 0.25) is 5.02 Å². The van der Waals surface area contributed by atoms with Crippen LogP contribution in [0, 0.1) is 5.82 Å². The molecule has 0 fully saturated rings. The van der Waals surface area contributed by atoms with Crippen LogP contribution in [-0.2, 0) is 4.79 Å². The highest BCUT2D eigenvalue weighted by molar-refractivity contribution is 6.31. The van der Waals surface area contributed by atoms with E-state index in [1.54, 1.807) is 48.5 Å². The predicted octanol–water partition coefficient (Wildman–Crippen LogP) is 6.01. The number of hydrogen-bond acceptors (Lipinski definition) is 4. The van der Waals surface area contributed by atoms with Gasteiger partial charge in [-0.25, -0.2) is 4.39 Å². The van der Waals surface area contributed by atoms with Crippen molar-refractivity contribution >= 4 is 39.9 Å². The van der Waals surface area contributed by atoms with E-state index in [1.165, 1.54) is 35.2 Å². The summed E-state index contributed by atoms with van der Waals surface area (Å²) < 4.78 is 19.3. The number of aliphatic hydroxyl groups excluding tert-OH is 1. The fourth-order valence-electron chi connectivity index (χ4n) is 3.91. The number of amides is 1. The van der Waals surface area contributed by atoms with E-state index in [9.17, 15) is 19.1 Å². The van der Waals surface area contributed by atoms with Crippen LogP contribution in [-0.4, -0.2) is 16.8 Å². The summed E-state index contributed by atoms with van der Waals surface area (Å²) in [6.07, 6.45) is 0. The number of anilines is 1. The molecule has 0 bridgehead atoms. The average Bonchev–Trinajstić information content (AvgIpc) is 3.33. The molecule has 0 radical (unpaired) electrons. The lowest BCUT2D eigenvalue weighted by molar-refractivity contribution is -0.117. The van der Waals surface area contributed by atoms with E-state index < -0.39 is 29.3 Å². The first-order valence-electron chi connectivity index (χ1n) is 9.75. The summed E-state index contributed by atoms with van der Waals surface area (Å²) in [4.78, 5) is 27.9. The lowest BCUT2D eigenvalue weighted by atomic mass is 9.94. The number of benzene rings is 3. The van der Waals surface area contributed by atoms with Crippen molar-refractivity contribution < 1.29 is 23.5 Å². The molecule has 1 unspecified atom stereocenters. The maximum Gasteiger partial charge on any atom is 0.294 e. The molecule has 1 amide bonds. The summed E-state index contributed by atoms with van der Waals surface area (Å²) in [5, 5.41) is 11.9. The lowest BCUT2D eigenvalue weighted by Gasteiger charge is -2.26. The van der Waals surface area contributed by atoms with Crippen LogP contribution in [0.1, 0.15) is 22.2 Å². The Bertz CT molecular complexity index is 1390. The maximum absolute atomic E-state index is 13.6. The number of hydrogen-bond donors (Lipinski definition) is 1. The highest BCUT2D eigenvalue weighted by Crippen LogP contribution is 2.42. The van der Waals surface area contributed by atoms with Crippen molar-refractivity contribution in [1.82, 2.24) is 0 Å². The molecule has 1 aliphatic heterocycles. The van der Waals surface area contributed by atoms with Gasteiger partial charge in [-0.1, -0.05) is 41.9 Å². The van der Waals surface area contributed by atoms with Crippen LogP contribution in [0.15, 0.2) is 94.6 Å². The van der Waals surface area contributed by atoms with E-state index in [0.29, 0.717) is 27.2 Å². The number of Topliss-reactive ketones (excluding diaryl/α,β-unsaturated/α-hetero) is 1. The van der Waals surface area contributed by atoms with Gasteiger partial charge in [0.25, 0.3) is 5.91 Å².